The van der Waals surface area contributed by atoms with Gasteiger partial charge in [0.1, 0.15) is 5.82 Å². The molecule has 1 aliphatic rings. The zero-order valence-electron chi connectivity index (χ0n) is 10.5. The van der Waals surface area contributed by atoms with E-state index < -0.39 is 0 Å². The van der Waals surface area contributed by atoms with Gasteiger partial charge in [-0.05, 0) is 31.4 Å². The summed E-state index contributed by atoms with van der Waals surface area (Å²) < 4.78 is 7.76. The maximum Gasteiger partial charge on any atom is 0.125 e. The number of aromatic nitrogens is 2. The SMILES string of the molecule is Cc1cccc2c1nc(CCl)n2C1CCOCC1. The van der Waals surface area contributed by atoms with Crippen molar-refractivity contribution >= 4 is 22.6 Å². The van der Waals surface area contributed by atoms with Gasteiger partial charge < -0.3 is 9.30 Å². The molecule has 18 heavy (non-hydrogen) atoms. The van der Waals surface area contributed by atoms with Crippen molar-refractivity contribution in [1.82, 2.24) is 9.55 Å². The van der Waals surface area contributed by atoms with Gasteiger partial charge in [-0.1, -0.05) is 12.1 Å². The topological polar surface area (TPSA) is 27.1 Å². The summed E-state index contributed by atoms with van der Waals surface area (Å²) in [5, 5.41) is 0. The molecule has 0 aliphatic carbocycles. The van der Waals surface area contributed by atoms with Crippen LogP contribution in [0.3, 0.4) is 0 Å². The summed E-state index contributed by atoms with van der Waals surface area (Å²) in [5.41, 5.74) is 3.50. The van der Waals surface area contributed by atoms with E-state index in [1.54, 1.807) is 0 Å². The van der Waals surface area contributed by atoms with E-state index in [0.717, 1.165) is 37.4 Å². The van der Waals surface area contributed by atoms with Crippen molar-refractivity contribution in [3.63, 3.8) is 0 Å². The van der Waals surface area contributed by atoms with Crippen LogP contribution in [0.15, 0.2) is 18.2 Å². The second kappa shape index (κ2) is 4.90. The lowest BCUT2D eigenvalue weighted by atomic mass is 10.1. The highest BCUT2D eigenvalue weighted by Crippen LogP contribution is 2.29. The number of fused-ring (bicyclic) bond motifs is 1. The van der Waals surface area contributed by atoms with Crippen molar-refractivity contribution in [2.75, 3.05) is 13.2 Å². The first kappa shape index (κ1) is 12.0. The smallest absolute Gasteiger partial charge is 0.125 e. The van der Waals surface area contributed by atoms with Gasteiger partial charge in [0.2, 0.25) is 0 Å². The van der Waals surface area contributed by atoms with E-state index >= 15 is 0 Å². The zero-order chi connectivity index (χ0) is 12.5. The molecule has 0 bridgehead atoms. The maximum absolute atomic E-state index is 6.06. The summed E-state index contributed by atoms with van der Waals surface area (Å²) in [6, 6.07) is 6.80. The summed E-state index contributed by atoms with van der Waals surface area (Å²) >= 11 is 6.06. The van der Waals surface area contributed by atoms with E-state index in [1.807, 2.05) is 0 Å². The van der Waals surface area contributed by atoms with Gasteiger partial charge in [0.25, 0.3) is 0 Å². The van der Waals surface area contributed by atoms with Crippen LogP contribution < -0.4 is 0 Å². The Hall–Kier alpha value is -1.06. The van der Waals surface area contributed by atoms with E-state index in [2.05, 4.69) is 29.7 Å². The van der Waals surface area contributed by atoms with Gasteiger partial charge >= 0.3 is 0 Å². The van der Waals surface area contributed by atoms with Gasteiger partial charge in [0.15, 0.2) is 0 Å². The van der Waals surface area contributed by atoms with Gasteiger partial charge in [-0.2, -0.15) is 0 Å². The zero-order valence-corrected chi connectivity index (χ0v) is 11.3. The van der Waals surface area contributed by atoms with Crippen molar-refractivity contribution in [3.8, 4) is 0 Å². The highest BCUT2D eigenvalue weighted by atomic mass is 35.5. The Bertz CT molecular complexity index is 558. The number of nitrogens with zero attached hydrogens (tertiary/aromatic N) is 2. The lowest BCUT2D eigenvalue weighted by Crippen LogP contribution is -2.20. The summed E-state index contributed by atoms with van der Waals surface area (Å²) in [4.78, 5) is 4.70. The lowest BCUT2D eigenvalue weighted by Gasteiger charge is -2.25. The van der Waals surface area contributed by atoms with E-state index in [1.165, 1.54) is 11.1 Å². The molecule has 1 aliphatic heterocycles. The Labute approximate surface area is 112 Å². The molecule has 1 fully saturated rings. The fraction of sp³-hybridized carbons (Fsp3) is 0.500. The predicted molar refractivity (Wildman–Crippen MR) is 73.1 cm³/mol. The average Bonchev–Trinajstić information content (AvgIpc) is 2.80. The van der Waals surface area contributed by atoms with Crippen molar-refractivity contribution < 1.29 is 4.74 Å². The Morgan fingerprint density at radius 1 is 1.39 bits per heavy atom. The largest absolute Gasteiger partial charge is 0.381 e. The third-order valence-corrected chi connectivity index (χ3v) is 3.91. The summed E-state index contributed by atoms with van der Waals surface area (Å²) in [5.74, 6) is 1.44. The second-order valence-electron chi connectivity index (χ2n) is 4.82. The molecule has 0 radical (unpaired) electrons. The van der Waals surface area contributed by atoms with Gasteiger partial charge in [-0.15, -0.1) is 11.6 Å². The van der Waals surface area contributed by atoms with Crippen molar-refractivity contribution in [2.45, 2.75) is 31.7 Å². The molecule has 1 aromatic carbocycles. The summed E-state index contributed by atoms with van der Waals surface area (Å²) in [6.45, 7) is 3.76. The molecule has 0 N–H and O–H groups in total. The fourth-order valence-corrected chi connectivity index (χ4v) is 2.94. The molecule has 3 nitrogen and oxygen atoms in total. The highest BCUT2D eigenvalue weighted by molar-refractivity contribution is 6.16. The van der Waals surface area contributed by atoms with Crippen LogP contribution in [-0.4, -0.2) is 22.8 Å². The van der Waals surface area contributed by atoms with Gasteiger partial charge in [0.05, 0.1) is 16.9 Å². The minimum Gasteiger partial charge on any atom is -0.381 e. The molecule has 1 aromatic heterocycles. The lowest BCUT2D eigenvalue weighted by molar-refractivity contribution is 0.0700. The van der Waals surface area contributed by atoms with Crippen molar-refractivity contribution in [2.24, 2.45) is 0 Å². The molecule has 1 saturated heterocycles. The maximum atomic E-state index is 6.06. The number of alkyl halides is 1. The van der Waals surface area contributed by atoms with E-state index in [4.69, 9.17) is 21.3 Å². The van der Waals surface area contributed by atoms with Gasteiger partial charge in [0, 0.05) is 19.3 Å². The molecule has 0 amide bonds. The number of hydrogen-bond acceptors (Lipinski definition) is 2. The number of imidazole rings is 1. The third-order valence-electron chi connectivity index (χ3n) is 3.67. The van der Waals surface area contributed by atoms with Crippen LogP contribution in [0.1, 0.15) is 30.3 Å². The first-order chi connectivity index (χ1) is 8.81. The summed E-state index contributed by atoms with van der Waals surface area (Å²) in [6.07, 6.45) is 2.09. The molecule has 4 heteroatoms. The van der Waals surface area contributed by atoms with Crippen LogP contribution in [0, 0.1) is 6.92 Å². The minimum atomic E-state index is 0.464. The molecular weight excluding hydrogens is 248 g/mol. The van der Waals surface area contributed by atoms with Crippen LogP contribution >= 0.6 is 11.6 Å². The number of rotatable bonds is 2. The highest BCUT2D eigenvalue weighted by Gasteiger charge is 2.21. The van der Waals surface area contributed by atoms with Crippen LogP contribution in [0.25, 0.3) is 11.0 Å². The normalized spacial score (nSPS) is 17.4. The molecular formula is C14H17ClN2O. The summed E-state index contributed by atoms with van der Waals surface area (Å²) in [7, 11) is 0. The van der Waals surface area contributed by atoms with E-state index in [9.17, 15) is 0 Å². The molecule has 3 rings (SSSR count). The standard InChI is InChI=1S/C14H17ClN2O/c1-10-3-2-4-12-14(10)16-13(9-15)17(12)11-5-7-18-8-6-11/h2-4,11H,5-9H2,1H3. The number of hydrogen-bond donors (Lipinski definition) is 0. The fourth-order valence-electron chi connectivity index (χ4n) is 2.75. The van der Waals surface area contributed by atoms with Gasteiger partial charge in [-0.25, -0.2) is 4.98 Å². The Morgan fingerprint density at radius 3 is 2.89 bits per heavy atom. The number of halogens is 1. The Balaban J connectivity index is 2.16. The number of para-hydroxylation sites is 1. The molecule has 0 spiro atoms. The first-order valence-electron chi connectivity index (χ1n) is 6.41. The van der Waals surface area contributed by atoms with Gasteiger partial charge in [-0.3, -0.25) is 0 Å². The Morgan fingerprint density at radius 2 is 2.17 bits per heavy atom. The quantitative estimate of drug-likeness (QED) is 0.777. The molecule has 0 saturated carbocycles. The molecule has 0 unspecified atom stereocenters. The third kappa shape index (κ3) is 1.91. The number of aryl methyl sites for hydroxylation is 1. The van der Waals surface area contributed by atoms with E-state index in [-0.39, 0.29) is 0 Å². The molecule has 2 aromatic rings. The second-order valence-corrected chi connectivity index (χ2v) is 5.09. The van der Waals surface area contributed by atoms with E-state index in [0.29, 0.717) is 11.9 Å². The van der Waals surface area contributed by atoms with Crippen LogP contribution in [0.2, 0.25) is 0 Å². The average molecular weight is 265 g/mol. The number of ether oxygens (including phenoxy) is 1. The monoisotopic (exact) mass is 264 g/mol. The van der Waals surface area contributed by atoms with Crippen molar-refractivity contribution in [1.29, 1.82) is 0 Å². The number of benzene rings is 1. The predicted octanol–water partition coefficient (Wildman–Crippen LogP) is 3.44. The minimum absolute atomic E-state index is 0.464. The first-order valence-corrected chi connectivity index (χ1v) is 6.95. The van der Waals surface area contributed by atoms with Crippen LogP contribution in [-0.2, 0) is 10.6 Å². The van der Waals surface area contributed by atoms with Crippen LogP contribution in [0.5, 0.6) is 0 Å². The van der Waals surface area contributed by atoms with Crippen LogP contribution in [0.4, 0.5) is 0 Å². The Kier molecular flexibility index (Phi) is 3.27. The molecule has 2 heterocycles. The molecule has 96 valence electrons. The van der Waals surface area contributed by atoms with Crippen molar-refractivity contribution in [3.05, 3.63) is 29.6 Å². The molecule has 0 atom stereocenters.